The van der Waals surface area contributed by atoms with E-state index in [1.807, 2.05) is 48.0 Å². The SMILES string of the molecule is C=CC(=O)NC1CCN(c2ncc3ncnc(Nc4ccc(Oc5ccc6c(c5)ncn6C)c(OC)c4)c3n2)CC1. The number of methoxy groups -OCH3 is 1. The first-order valence-electron chi connectivity index (χ1n) is 13.2. The lowest BCUT2D eigenvalue weighted by Crippen LogP contribution is -2.44. The number of nitrogens with zero attached hydrogens (tertiary/aromatic N) is 7. The van der Waals surface area contributed by atoms with Gasteiger partial charge in [0, 0.05) is 44.0 Å². The molecule has 0 saturated carbocycles. The summed E-state index contributed by atoms with van der Waals surface area (Å²) in [6.07, 6.45) is 7.83. The molecule has 5 aromatic rings. The van der Waals surface area contributed by atoms with E-state index in [1.54, 1.807) is 19.6 Å². The molecule has 12 heteroatoms. The van der Waals surface area contributed by atoms with Gasteiger partial charge in [0.05, 0.1) is 30.7 Å². The van der Waals surface area contributed by atoms with E-state index in [1.165, 1.54) is 12.4 Å². The summed E-state index contributed by atoms with van der Waals surface area (Å²) in [4.78, 5) is 36.3. The van der Waals surface area contributed by atoms with Crippen molar-refractivity contribution in [3.63, 3.8) is 0 Å². The van der Waals surface area contributed by atoms with E-state index in [9.17, 15) is 4.79 Å². The first-order valence-corrected chi connectivity index (χ1v) is 13.2. The quantitative estimate of drug-likeness (QED) is 0.271. The molecule has 0 unspecified atom stereocenters. The average molecular weight is 552 g/mol. The zero-order valence-electron chi connectivity index (χ0n) is 22.7. The number of imidazole rings is 1. The smallest absolute Gasteiger partial charge is 0.243 e. The van der Waals surface area contributed by atoms with Gasteiger partial charge in [0.25, 0.3) is 0 Å². The van der Waals surface area contributed by atoms with Crippen LogP contribution in [0, 0.1) is 0 Å². The summed E-state index contributed by atoms with van der Waals surface area (Å²) in [7, 11) is 3.55. The highest BCUT2D eigenvalue weighted by atomic mass is 16.5. The third-order valence-electron chi connectivity index (χ3n) is 7.03. The monoisotopic (exact) mass is 551 g/mol. The Hall–Kier alpha value is -5.26. The minimum atomic E-state index is -0.152. The van der Waals surface area contributed by atoms with Gasteiger partial charge in [-0.15, -0.1) is 0 Å². The Balaban J connectivity index is 1.20. The molecule has 0 radical (unpaired) electrons. The lowest BCUT2D eigenvalue weighted by Gasteiger charge is -2.32. The van der Waals surface area contributed by atoms with Crippen LogP contribution in [0.5, 0.6) is 17.2 Å². The Morgan fingerprint density at radius 1 is 1.05 bits per heavy atom. The van der Waals surface area contributed by atoms with Gasteiger partial charge in [-0.05, 0) is 43.2 Å². The number of fused-ring (bicyclic) bond motifs is 2. The highest BCUT2D eigenvalue weighted by Crippen LogP contribution is 2.36. The minimum Gasteiger partial charge on any atom is -0.493 e. The number of benzene rings is 2. The summed E-state index contributed by atoms with van der Waals surface area (Å²) < 4.78 is 13.7. The number of hydrogen-bond acceptors (Lipinski definition) is 10. The highest BCUT2D eigenvalue weighted by Gasteiger charge is 2.22. The number of piperidine rings is 1. The summed E-state index contributed by atoms with van der Waals surface area (Å²) in [6, 6.07) is 11.4. The van der Waals surface area contributed by atoms with Gasteiger partial charge in [-0.1, -0.05) is 6.58 Å². The highest BCUT2D eigenvalue weighted by molar-refractivity contribution is 5.88. The molecule has 3 aromatic heterocycles. The van der Waals surface area contributed by atoms with E-state index in [2.05, 4.69) is 42.0 Å². The molecule has 1 fully saturated rings. The third-order valence-corrected chi connectivity index (χ3v) is 7.03. The number of aromatic nitrogens is 6. The maximum absolute atomic E-state index is 11.6. The maximum atomic E-state index is 11.6. The molecule has 12 nitrogen and oxygen atoms in total. The summed E-state index contributed by atoms with van der Waals surface area (Å²) in [5.41, 5.74) is 3.84. The molecule has 0 spiro atoms. The second-order valence-electron chi connectivity index (χ2n) is 9.70. The van der Waals surface area contributed by atoms with Crippen molar-refractivity contribution >= 4 is 45.4 Å². The predicted molar refractivity (Wildman–Crippen MR) is 156 cm³/mol. The molecule has 6 rings (SSSR count). The Kier molecular flexibility index (Phi) is 7.02. The zero-order chi connectivity index (χ0) is 28.3. The van der Waals surface area contributed by atoms with E-state index in [0.717, 1.165) is 42.7 Å². The second kappa shape index (κ2) is 11.1. The number of amides is 1. The lowest BCUT2D eigenvalue weighted by atomic mass is 10.1. The molecule has 1 aliphatic rings. The fourth-order valence-electron chi connectivity index (χ4n) is 4.85. The van der Waals surface area contributed by atoms with Crippen molar-refractivity contribution in [2.75, 3.05) is 30.4 Å². The van der Waals surface area contributed by atoms with Crippen LogP contribution in [0.3, 0.4) is 0 Å². The van der Waals surface area contributed by atoms with E-state index in [-0.39, 0.29) is 11.9 Å². The molecule has 0 atom stereocenters. The first-order chi connectivity index (χ1) is 20.0. The van der Waals surface area contributed by atoms with E-state index < -0.39 is 0 Å². The summed E-state index contributed by atoms with van der Waals surface area (Å²) in [5.74, 6) is 2.77. The van der Waals surface area contributed by atoms with Crippen molar-refractivity contribution < 1.29 is 14.3 Å². The number of carbonyl (C=O) groups is 1. The van der Waals surface area contributed by atoms with Gasteiger partial charge in [0.15, 0.2) is 17.3 Å². The van der Waals surface area contributed by atoms with E-state index >= 15 is 0 Å². The molecule has 2 aromatic carbocycles. The Bertz CT molecular complexity index is 1750. The molecular formula is C29H29N9O3. The van der Waals surface area contributed by atoms with Crippen LogP contribution in [-0.4, -0.2) is 61.6 Å². The Morgan fingerprint density at radius 2 is 1.90 bits per heavy atom. The minimum absolute atomic E-state index is 0.109. The Morgan fingerprint density at radius 3 is 2.71 bits per heavy atom. The average Bonchev–Trinajstić information content (AvgIpc) is 3.37. The molecule has 2 N–H and O–H groups in total. The van der Waals surface area contributed by atoms with Gasteiger partial charge in [0.1, 0.15) is 23.1 Å². The van der Waals surface area contributed by atoms with Crippen LogP contribution in [0.15, 0.2) is 67.9 Å². The number of nitrogens with one attached hydrogen (secondary N) is 2. The fraction of sp³-hybridized carbons (Fsp3) is 0.241. The summed E-state index contributed by atoms with van der Waals surface area (Å²) in [5, 5.41) is 6.30. The maximum Gasteiger partial charge on any atom is 0.243 e. The van der Waals surface area contributed by atoms with Crippen LogP contribution in [0.4, 0.5) is 17.5 Å². The molecule has 1 saturated heterocycles. The molecule has 208 valence electrons. The number of aryl methyl sites for hydroxylation is 1. The first kappa shape index (κ1) is 26.0. The van der Waals surface area contributed by atoms with Crippen molar-refractivity contribution in [1.29, 1.82) is 0 Å². The van der Waals surface area contributed by atoms with Crippen LogP contribution in [0.1, 0.15) is 12.8 Å². The summed E-state index contributed by atoms with van der Waals surface area (Å²) >= 11 is 0. The van der Waals surface area contributed by atoms with Crippen molar-refractivity contribution in [2.24, 2.45) is 7.05 Å². The number of rotatable bonds is 8. The van der Waals surface area contributed by atoms with Crippen LogP contribution >= 0.6 is 0 Å². The molecule has 1 amide bonds. The van der Waals surface area contributed by atoms with Gasteiger partial charge >= 0.3 is 0 Å². The number of carbonyl (C=O) groups excluding carboxylic acids is 1. The third kappa shape index (κ3) is 5.44. The largest absolute Gasteiger partial charge is 0.493 e. The predicted octanol–water partition coefficient (Wildman–Crippen LogP) is 4.12. The van der Waals surface area contributed by atoms with Gasteiger partial charge < -0.3 is 29.6 Å². The second-order valence-corrected chi connectivity index (χ2v) is 9.70. The van der Waals surface area contributed by atoms with Crippen LogP contribution in [0.2, 0.25) is 0 Å². The van der Waals surface area contributed by atoms with Crippen LogP contribution in [0.25, 0.3) is 22.1 Å². The zero-order valence-corrected chi connectivity index (χ0v) is 22.7. The fourth-order valence-corrected chi connectivity index (χ4v) is 4.85. The molecule has 0 bridgehead atoms. The summed E-state index contributed by atoms with van der Waals surface area (Å²) in [6.45, 7) is 4.96. The molecule has 1 aliphatic heterocycles. The van der Waals surface area contributed by atoms with Crippen LogP contribution < -0.4 is 25.0 Å². The lowest BCUT2D eigenvalue weighted by molar-refractivity contribution is -0.117. The van der Waals surface area contributed by atoms with Gasteiger partial charge in [-0.25, -0.2) is 24.9 Å². The van der Waals surface area contributed by atoms with E-state index in [4.69, 9.17) is 14.5 Å². The van der Waals surface area contributed by atoms with Gasteiger partial charge in [-0.2, -0.15) is 0 Å². The van der Waals surface area contributed by atoms with E-state index in [0.29, 0.717) is 40.0 Å². The molecule has 4 heterocycles. The van der Waals surface area contributed by atoms with Crippen molar-refractivity contribution in [3.8, 4) is 17.2 Å². The van der Waals surface area contributed by atoms with Gasteiger partial charge in [-0.3, -0.25) is 4.79 Å². The number of hydrogen-bond donors (Lipinski definition) is 2. The topological polar surface area (TPSA) is 132 Å². The number of anilines is 3. The van der Waals surface area contributed by atoms with Crippen molar-refractivity contribution in [3.05, 3.63) is 67.9 Å². The number of ether oxygens (including phenoxy) is 2. The van der Waals surface area contributed by atoms with Gasteiger partial charge in [0.2, 0.25) is 11.9 Å². The Labute approximate surface area is 236 Å². The molecule has 0 aliphatic carbocycles. The van der Waals surface area contributed by atoms with Crippen molar-refractivity contribution in [1.82, 2.24) is 34.8 Å². The normalized spacial score (nSPS) is 13.8. The molecular weight excluding hydrogens is 522 g/mol. The van der Waals surface area contributed by atoms with Crippen molar-refractivity contribution in [2.45, 2.75) is 18.9 Å². The molecule has 41 heavy (non-hydrogen) atoms. The standard InChI is InChI=1S/C29H29N9O3/c1-4-26(39)34-18-9-11-38(12-10-18)29-30-15-22-27(36-29)28(32-16-31-22)35-19-5-8-24(25(13-19)40-3)41-20-6-7-23-21(14-20)33-17-37(23)2/h4-8,13-18H,1,9-12H2,2-3H3,(H,34,39)(H,31,32,35). The van der Waals surface area contributed by atoms with Crippen LogP contribution in [-0.2, 0) is 11.8 Å².